The molecule has 82 valence electrons. The number of aryl methyl sites for hydroxylation is 1. The number of hydrogen-bond acceptors (Lipinski definition) is 5. The summed E-state index contributed by atoms with van der Waals surface area (Å²) in [6, 6.07) is 0. The lowest BCUT2D eigenvalue weighted by molar-refractivity contribution is 0.683. The average Bonchev–Trinajstić information content (AvgIpc) is 2.66. The molecule has 1 aliphatic heterocycles. The highest BCUT2D eigenvalue weighted by Gasteiger charge is 2.03. The van der Waals surface area contributed by atoms with Crippen LogP contribution in [0.1, 0.15) is 17.8 Å². The maximum absolute atomic E-state index is 4.02. The van der Waals surface area contributed by atoms with Crippen LogP contribution in [-0.4, -0.2) is 29.8 Å². The highest BCUT2D eigenvalue weighted by Crippen LogP contribution is 2.15. The first-order valence-electron chi connectivity index (χ1n) is 5.27. The van der Waals surface area contributed by atoms with Gasteiger partial charge in [0.1, 0.15) is 5.01 Å². The van der Waals surface area contributed by atoms with Crippen LogP contribution < -0.4 is 10.6 Å². The van der Waals surface area contributed by atoms with Crippen LogP contribution >= 0.6 is 11.3 Å². The molecule has 1 aromatic rings. The molecule has 0 saturated heterocycles. The zero-order chi connectivity index (χ0) is 10.5. The standard InChI is InChI=1S/C10H16N4S/c1-8-13-14-10(15-8)12-7-4-9-2-5-11-6-3-9/h2,11H,3-7H2,1H3,(H,12,14). The fourth-order valence-corrected chi connectivity index (χ4v) is 2.21. The summed E-state index contributed by atoms with van der Waals surface area (Å²) in [5.41, 5.74) is 1.54. The molecule has 1 aromatic heterocycles. The van der Waals surface area contributed by atoms with Gasteiger partial charge in [0, 0.05) is 13.1 Å². The molecule has 0 atom stereocenters. The van der Waals surface area contributed by atoms with Gasteiger partial charge in [-0.25, -0.2) is 0 Å². The van der Waals surface area contributed by atoms with Gasteiger partial charge in [0.05, 0.1) is 0 Å². The summed E-state index contributed by atoms with van der Waals surface area (Å²) in [7, 11) is 0. The third kappa shape index (κ3) is 3.28. The Balaban J connectivity index is 1.72. The van der Waals surface area contributed by atoms with Crippen LogP contribution in [-0.2, 0) is 0 Å². The lowest BCUT2D eigenvalue weighted by Gasteiger charge is -2.13. The van der Waals surface area contributed by atoms with Gasteiger partial charge in [0.15, 0.2) is 0 Å². The van der Waals surface area contributed by atoms with E-state index in [-0.39, 0.29) is 0 Å². The highest BCUT2D eigenvalue weighted by molar-refractivity contribution is 7.15. The monoisotopic (exact) mass is 224 g/mol. The van der Waals surface area contributed by atoms with E-state index in [1.54, 1.807) is 16.9 Å². The zero-order valence-corrected chi connectivity index (χ0v) is 9.73. The first-order valence-corrected chi connectivity index (χ1v) is 6.09. The molecule has 0 amide bonds. The van der Waals surface area contributed by atoms with E-state index >= 15 is 0 Å². The van der Waals surface area contributed by atoms with E-state index in [1.807, 2.05) is 6.92 Å². The molecule has 0 saturated carbocycles. The Morgan fingerprint density at radius 1 is 1.53 bits per heavy atom. The molecule has 0 unspecified atom stereocenters. The molecular formula is C10H16N4S. The van der Waals surface area contributed by atoms with Crippen LogP contribution in [0.15, 0.2) is 11.6 Å². The van der Waals surface area contributed by atoms with Gasteiger partial charge in [-0.05, 0) is 26.3 Å². The van der Waals surface area contributed by atoms with Gasteiger partial charge in [-0.15, -0.1) is 10.2 Å². The second-order valence-corrected chi connectivity index (χ2v) is 4.80. The molecule has 0 spiro atoms. The Labute approximate surface area is 93.8 Å². The fourth-order valence-electron chi connectivity index (χ4n) is 1.59. The van der Waals surface area contributed by atoms with E-state index in [0.717, 1.165) is 36.2 Å². The van der Waals surface area contributed by atoms with Crippen molar-refractivity contribution in [2.75, 3.05) is 25.0 Å². The van der Waals surface area contributed by atoms with E-state index in [9.17, 15) is 0 Å². The smallest absolute Gasteiger partial charge is 0.205 e. The van der Waals surface area contributed by atoms with Gasteiger partial charge in [-0.1, -0.05) is 23.0 Å². The Morgan fingerprint density at radius 3 is 3.13 bits per heavy atom. The molecule has 0 aromatic carbocycles. The van der Waals surface area contributed by atoms with Gasteiger partial charge in [0.2, 0.25) is 5.13 Å². The molecule has 5 heteroatoms. The van der Waals surface area contributed by atoms with Crippen LogP contribution in [0.5, 0.6) is 0 Å². The van der Waals surface area contributed by atoms with Crippen molar-refractivity contribution in [1.82, 2.24) is 15.5 Å². The SMILES string of the molecule is Cc1nnc(NCCC2=CCNCC2)s1. The van der Waals surface area contributed by atoms with Crippen LogP contribution in [0.4, 0.5) is 5.13 Å². The van der Waals surface area contributed by atoms with Gasteiger partial charge >= 0.3 is 0 Å². The molecule has 1 aliphatic rings. The summed E-state index contributed by atoms with van der Waals surface area (Å²) in [6.45, 7) is 5.07. The Morgan fingerprint density at radius 2 is 2.47 bits per heavy atom. The second-order valence-electron chi connectivity index (χ2n) is 3.62. The van der Waals surface area contributed by atoms with Gasteiger partial charge < -0.3 is 10.6 Å². The Kier molecular flexibility index (Phi) is 3.69. The molecule has 0 radical (unpaired) electrons. The predicted molar refractivity (Wildman–Crippen MR) is 63.3 cm³/mol. The molecule has 0 fully saturated rings. The fraction of sp³-hybridized carbons (Fsp3) is 0.600. The van der Waals surface area contributed by atoms with Crippen molar-refractivity contribution in [2.45, 2.75) is 19.8 Å². The molecule has 2 heterocycles. The number of anilines is 1. The first-order chi connectivity index (χ1) is 7.34. The summed E-state index contributed by atoms with van der Waals surface area (Å²) in [5, 5.41) is 16.5. The van der Waals surface area contributed by atoms with Crippen molar-refractivity contribution < 1.29 is 0 Å². The summed E-state index contributed by atoms with van der Waals surface area (Å²) in [5.74, 6) is 0. The number of nitrogens with zero attached hydrogens (tertiary/aromatic N) is 2. The maximum atomic E-state index is 4.02. The van der Waals surface area contributed by atoms with Crippen molar-refractivity contribution in [3.63, 3.8) is 0 Å². The molecule has 4 nitrogen and oxygen atoms in total. The lowest BCUT2D eigenvalue weighted by Crippen LogP contribution is -2.21. The third-order valence-corrected chi connectivity index (χ3v) is 3.20. The van der Waals surface area contributed by atoms with E-state index in [0.29, 0.717) is 0 Å². The average molecular weight is 224 g/mol. The van der Waals surface area contributed by atoms with Gasteiger partial charge in [-0.2, -0.15) is 0 Å². The molecular weight excluding hydrogens is 208 g/mol. The summed E-state index contributed by atoms with van der Waals surface area (Å²) >= 11 is 1.61. The first kappa shape index (κ1) is 10.6. The molecule has 0 aliphatic carbocycles. The minimum Gasteiger partial charge on any atom is -0.360 e. The van der Waals surface area contributed by atoms with Crippen molar-refractivity contribution >= 4 is 16.5 Å². The van der Waals surface area contributed by atoms with Crippen LogP contribution in [0.2, 0.25) is 0 Å². The highest BCUT2D eigenvalue weighted by atomic mass is 32.1. The molecule has 2 rings (SSSR count). The van der Waals surface area contributed by atoms with Crippen molar-refractivity contribution in [1.29, 1.82) is 0 Å². The van der Waals surface area contributed by atoms with E-state index in [1.165, 1.54) is 6.42 Å². The van der Waals surface area contributed by atoms with Crippen molar-refractivity contribution in [3.8, 4) is 0 Å². The molecule has 2 N–H and O–H groups in total. The van der Waals surface area contributed by atoms with Gasteiger partial charge in [0.25, 0.3) is 0 Å². The summed E-state index contributed by atoms with van der Waals surface area (Å²) < 4.78 is 0. The van der Waals surface area contributed by atoms with Crippen LogP contribution in [0, 0.1) is 6.92 Å². The Bertz CT molecular complexity index is 345. The van der Waals surface area contributed by atoms with Crippen molar-refractivity contribution in [2.24, 2.45) is 0 Å². The normalized spacial score (nSPS) is 16.2. The topological polar surface area (TPSA) is 49.8 Å². The van der Waals surface area contributed by atoms with Crippen LogP contribution in [0.25, 0.3) is 0 Å². The second kappa shape index (κ2) is 5.23. The molecule has 0 bridgehead atoms. The maximum Gasteiger partial charge on any atom is 0.205 e. The van der Waals surface area contributed by atoms with E-state index < -0.39 is 0 Å². The lowest BCUT2D eigenvalue weighted by atomic mass is 10.1. The van der Waals surface area contributed by atoms with Crippen LogP contribution in [0.3, 0.4) is 0 Å². The minimum atomic E-state index is 0.932. The summed E-state index contributed by atoms with van der Waals surface area (Å²) in [4.78, 5) is 0. The third-order valence-electron chi connectivity index (χ3n) is 2.41. The Hall–Kier alpha value is -0.940. The quantitative estimate of drug-likeness (QED) is 0.762. The zero-order valence-electron chi connectivity index (χ0n) is 8.92. The van der Waals surface area contributed by atoms with Gasteiger partial charge in [-0.3, -0.25) is 0 Å². The summed E-state index contributed by atoms with van der Waals surface area (Å²) in [6.07, 6.45) is 4.58. The number of hydrogen-bond donors (Lipinski definition) is 2. The van der Waals surface area contributed by atoms with E-state index in [2.05, 4.69) is 26.9 Å². The van der Waals surface area contributed by atoms with Crippen molar-refractivity contribution in [3.05, 3.63) is 16.7 Å². The predicted octanol–water partition coefficient (Wildman–Crippen LogP) is 1.57. The minimum absolute atomic E-state index is 0.932. The number of rotatable bonds is 4. The van der Waals surface area contributed by atoms with E-state index in [4.69, 9.17) is 0 Å². The number of nitrogens with one attached hydrogen (secondary N) is 2. The number of aromatic nitrogens is 2. The molecule has 15 heavy (non-hydrogen) atoms. The largest absolute Gasteiger partial charge is 0.360 e.